The van der Waals surface area contributed by atoms with Crippen LogP contribution in [-0.2, 0) is 6.18 Å². The van der Waals surface area contributed by atoms with Crippen LogP contribution in [0.25, 0.3) is 0 Å². The van der Waals surface area contributed by atoms with Gasteiger partial charge in [-0.3, -0.25) is 0 Å². The molecule has 0 aliphatic rings. The van der Waals surface area contributed by atoms with E-state index in [1.165, 1.54) is 0 Å². The lowest BCUT2D eigenvalue weighted by atomic mass is 10.0. The van der Waals surface area contributed by atoms with Crippen LogP contribution in [0.1, 0.15) is 26.3 Å². The van der Waals surface area contributed by atoms with Crippen molar-refractivity contribution in [3.8, 4) is 0 Å². The van der Waals surface area contributed by atoms with Crippen molar-refractivity contribution < 1.29 is 33.0 Å². The molecule has 0 aliphatic carbocycles. The number of rotatable bonds is 2. The molecule has 1 aromatic carbocycles. The minimum Gasteiger partial charge on any atom is -0.478 e. The molecule has 0 bridgehead atoms. The predicted molar refractivity (Wildman–Crippen MR) is 45.4 cm³/mol. The highest BCUT2D eigenvalue weighted by atomic mass is 19.4. The fourth-order valence-corrected chi connectivity index (χ4v) is 1.10. The Bertz CT molecular complexity index is 451. The maximum Gasteiger partial charge on any atom is 0.417 e. The Balaban J connectivity index is 3.45. The number of aromatic carboxylic acids is 2. The SMILES string of the molecule is O=C(O)c1ccc(C(=O)O)c(C(F)(F)F)c1. The van der Waals surface area contributed by atoms with Gasteiger partial charge in [0.05, 0.1) is 16.7 Å². The summed E-state index contributed by atoms with van der Waals surface area (Å²) in [5.74, 6) is -3.31. The molecule has 0 saturated heterocycles. The van der Waals surface area contributed by atoms with Crippen molar-refractivity contribution in [1.29, 1.82) is 0 Å². The average molecular weight is 234 g/mol. The second kappa shape index (κ2) is 3.84. The lowest BCUT2D eigenvalue weighted by Gasteiger charge is -2.10. The summed E-state index contributed by atoms with van der Waals surface area (Å²) in [6, 6.07) is 1.72. The molecule has 1 aromatic rings. The van der Waals surface area contributed by atoms with Gasteiger partial charge in [0, 0.05) is 0 Å². The Hall–Kier alpha value is -2.05. The van der Waals surface area contributed by atoms with Crippen molar-refractivity contribution in [3.63, 3.8) is 0 Å². The van der Waals surface area contributed by atoms with Gasteiger partial charge in [0.15, 0.2) is 0 Å². The van der Waals surface area contributed by atoms with E-state index < -0.39 is 34.8 Å². The third kappa shape index (κ3) is 2.30. The zero-order valence-corrected chi connectivity index (χ0v) is 7.58. The normalized spacial score (nSPS) is 11.2. The molecule has 2 N–H and O–H groups in total. The fourth-order valence-electron chi connectivity index (χ4n) is 1.10. The molecule has 0 aromatic heterocycles. The van der Waals surface area contributed by atoms with Gasteiger partial charge in [-0.1, -0.05) is 0 Å². The van der Waals surface area contributed by atoms with Gasteiger partial charge in [-0.2, -0.15) is 13.2 Å². The molecule has 4 nitrogen and oxygen atoms in total. The molecule has 86 valence electrons. The first kappa shape index (κ1) is 12.0. The van der Waals surface area contributed by atoms with Crippen LogP contribution in [0, 0.1) is 0 Å². The highest BCUT2D eigenvalue weighted by Crippen LogP contribution is 2.32. The van der Waals surface area contributed by atoms with Crippen LogP contribution < -0.4 is 0 Å². The standard InChI is InChI=1S/C9H5F3O4/c10-9(11,12)6-3-4(7(13)14)1-2-5(6)8(15)16/h1-3H,(H,13,14)(H,15,16). The smallest absolute Gasteiger partial charge is 0.417 e. The number of carbonyl (C=O) groups is 2. The Morgan fingerprint density at radius 3 is 2.00 bits per heavy atom. The maximum absolute atomic E-state index is 12.4. The van der Waals surface area contributed by atoms with Gasteiger partial charge < -0.3 is 10.2 Å². The molecule has 0 spiro atoms. The monoisotopic (exact) mass is 234 g/mol. The molecular weight excluding hydrogens is 229 g/mol. The minimum atomic E-state index is -4.90. The second-order valence-electron chi connectivity index (χ2n) is 2.87. The molecular formula is C9H5F3O4. The zero-order valence-electron chi connectivity index (χ0n) is 7.58. The second-order valence-corrected chi connectivity index (χ2v) is 2.87. The van der Waals surface area contributed by atoms with Gasteiger partial charge >= 0.3 is 18.1 Å². The largest absolute Gasteiger partial charge is 0.478 e. The van der Waals surface area contributed by atoms with E-state index in [4.69, 9.17) is 10.2 Å². The number of halogens is 3. The van der Waals surface area contributed by atoms with E-state index in [9.17, 15) is 22.8 Å². The summed E-state index contributed by atoms with van der Waals surface area (Å²) < 4.78 is 37.2. The number of hydrogen-bond acceptors (Lipinski definition) is 2. The quantitative estimate of drug-likeness (QED) is 0.821. The summed E-state index contributed by atoms with van der Waals surface area (Å²) in [6.45, 7) is 0. The maximum atomic E-state index is 12.4. The molecule has 0 atom stereocenters. The molecule has 0 saturated carbocycles. The molecule has 0 amide bonds. The third-order valence-corrected chi connectivity index (χ3v) is 1.80. The average Bonchev–Trinajstić information content (AvgIpc) is 2.15. The number of alkyl halides is 3. The van der Waals surface area contributed by atoms with Crippen LogP contribution >= 0.6 is 0 Å². The van der Waals surface area contributed by atoms with Gasteiger partial charge in [0.1, 0.15) is 0 Å². The first-order chi connectivity index (χ1) is 7.23. The molecule has 0 unspecified atom stereocenters. The third-order valence-electron chi connectivity index (χ3n) is 1.80. The summed E-state index contributed by atoms with van der Waals surface area (Å²) in [7, 11) is 0. The first-order valence-corrected chi connectivity index (χ1v) is 3.91. The molecule has 0 heterocycles. The molecule has 0 aliphatic heterocycles. The lowest BCUT2D eigenvalue weighted by Crippen LogP contribution is -2.14. The molecule has 0 radical (unpaired) electrons. The van der Waals surface area contributed by atoms with Crippen LogP contribution in [0.3, 0.4) is 0 Å². The minimum absolute atomic E-state index is 0.297. The fraction of sp³-hybridized carbons (Fsp3) is 0.111. The van der Waals surface area contributed by atoms with Gasteiger partial charge in [-0.15, -0.1) is 0 Å². The van der Waals surface area contributed by atoms with Gasteiger partial charge in [0.2, 0.25) is 0 Å². The van der Waals surface area contributed by atoms with Crippen molar-refractivity contribution in [2.45, 2.75) is 6.18 Å². The van der Waals surface area contributed by atoms with E-state index in [1.54, 1.807) is 0 Å². The van der Waals surface area contributed by atoms with Crippen LogP contribution in [-0.4, -0.2) is 22.2 Å². The zero-order chi connectivity index (χ0) is 12.5. The topological polar surface area (TPSA) is 74.6 Å². The van der Waals surface area contributed by atoms with Crippen molar-refractivity contribution in [1.82, 2.24) is 0 Å². The van der Waals surface area contributed by atoms with Crippen LogP contribution in [0.5, 0.6) is 0 Å². The molecule has 1 rings (SSSR count). The number of benzene rings is 1. The summed E-state index contributed by atoms with van der Waals surface area (Å²) >= 11 is 0. The summed E-state index contributed by atoms with van der Waals surface area (Å²) in [5.41, 5.74) is -3.06. The molecule has 7 heteroatoms. The van der Waals surface area contributed by atoms with E-state index >= 15 is 0 Å². The Kier molecular flexibility index (Phi) is 2.88. The van der Waals surface area contributed by atoms with Gasteiger partial charge in [0.25, 0.3) is 0 Å². The summed E-state index contributed by atoms with van der Waals surface area (Å²) in [4.78, 5) is 20.9. The van der Waals surface area contributed by atoms with Crippen LogP contribution in [0.15, 0.2) is 18.2 Å². The predicted octanol–water partition coefficient (Wildman–Crippen LogP) is 2.10. The van der Waals surface area contributed by atoms with E-state index in [-0.39, 0.29) is 0 Å². The highest BCUT2D eigenvalue weighted by Gasteiger charge is 2.35. The molecule has 0 fully saturated rings. The van der Waals surface area contributed by atoms with Crippen molar-refractivity contribution >= 4 is 11.9 Å². The summed E-state index contributed by atoms with van der Waals surface area (Å²) in [5, 5.41) is 17.0. The van der Waals surface area contributed by atoms with E-state index in [0.29, 0.717) is 12.1 Å². The Morgan fingerprint density at radius 1 is 1.06 bits per heavy atom. The highest BCUT2D eigenvalue weighted by molar-refractivity contribution is 5.93. The number of carboxylic acids is 2. The number of carboxylic acid groups (broad SMARTS) is 2. The number of hydrogen-bond donors (Lipinski definition) is 2. The molecule has 16 heavy (non-hydrogen) atoms. The van der Waals surface area contributed by atoms with E-state index in [0.717, 1.165) is 6.07 Å². The Labute approximate surface area is 86.9 Å². The van der Waals surface area contributed by atoms with Crippen molar-refractivity contribution in [2.24, 2.45) is 0 Å². The Morgan fingerprint density at radius 2 is 1.62 bits per heavy atom. The lowest BCUT2D eigenvalue weighted by molar-refractivity contribution is -0.138. The van der Waals surface area contributed by atoms with E-state index in [1.807, 2.05) is 0 Å². The van der Waals surface area contributed by atoms with Crippen molar-refractivity contribution in [3.05, 3.63) is 34.9 Å². The van der Waals surface area contributed by atoms with Gasteiger partial charge in [-0.25, -0.2) is 9.59 Å². The van der Waals surface area contributed by atoms with E-state index in [2.05, 4.69) is 0 Å². The summed E-state index contributed by atoms with van der Waals surface area (Å²) in [6.07, 6.45) is -4.90. The van der Waals surface area contributed by atoms with Crippen molar-refractivity contribution in [2.75, 3.05) is 0 Å². The van der Waals surface area contributed by atoms with Crippen LogP contribution in [0.2, 0.25) is 0 Å². The van der Waals surface area contributed by atoms with Gasteiger partial charge in [-0.05, 0) is 18.2 Å². The van der Waals surface area contributed by atoms with Crippen LogP contribution in [0.4, 0.5) is 13.2 Å². The first-order valence-electron chi connectivity index (χ1n) is 3.91.